The Kier molecular flexibility index (Phi) is 6.52. The highest BCUT2D eigenvalue weighted by atomic mass is 16.6. The van der Waals surface area contributed by atoms with Crippen molar-refractivity contribution in [2.75, 3.05) is 6.61 Å². The lowest BCUT2D eigenvalue weighted by Crippen LogP contribution is -2.50. The minimum Gasteiger partial charge on any atom is -0.464 e. The quantitative estimate of drug-likeness (QED) is 0.608. The summed E-state index contributed by atoms with van der Waals surface area (Å²) in [5.41, 5.74) is -0.704. The number of ether oxygens (including phenoxy) is 2. The van der Waals surface area contributed by atoms with Crippen LogP contribution in [0.3, 0.4) is 0 Å². The van der Waals surface area contributed by atoms with Crippen LogP contribution >= 0.6 is 0 Å². The standard InChI is InChI=1S/C13H23NO5/c1-7-18-11(16)9(10(15)8(2)3)14-12(17)19-13(4,5)6/h8-9H,7H2,1-6H3,(H,14,17). The molecule has 0 aliphatic heterocycles. The van der Waals surface area contributed by atoms with Gasteiger partial charge >= 0.3 is 12.1 Å². The van der Waals surface area contributed by atoms with Crippen LogP contribution in [-0.2, 0) is 19.1 Å². The first kappa shape index (κ1) is 17.4. The maximum atomic E-state index is 11.9. The molecule has 0 fully saturated rings. The van der Waals surface area contributed by atoms with Crippen LogP contribution in [0.4, 0.5) is 4.79 Å². The number of carbonyl (C=O) groups is 3. The molecule has 0 spiro atoms. The highest BCUT2D eigenvalue weighted by Gasteiger charge is 2.32. The Balaban J connectivity index is 4.82. The number of alkyl carbamates (subject to hydrolysis) is 1. The second-order valence-electron chi connectivity index (χ2n) is 5.39. The minimum absolute atomic E-state index is 0.136. The number of amides is 1. The average molecular weight is 273 g/mol. The van der Waals surface area contributed by atoms with E-state index in [9.17, 15) is 14.4 Å². The molecule has 6 nitrogen and oxygen atoms in total. The van der Waals surface area contributed by atoms with E-state index in [1.165, 1.54) is 0 Å². The molecular formula is C13H23NO5. The van der Waals surface area contributed by atoms with Gasteiger partial charge in [-0.05, 0) is 27.7 Å². The van der Waals surface area contributed by atoms with E-state index < -0.39 is 35.4 Å². The van der Waals surface area contributed by atoms with Gasteiger partial charge < -0.3 is 14.8 Å². The van der Waals surface area contributed by atoms with Crippen molar-refractivity contribution in [3.8, 4) is 0 Å². The van der Waals surface area contributed by atoms with E-state index in [2.05, 4.69) is 5.32 Å². The highest BCUT2D eigenvalue weighted by Crippen LogP contribution is 2.08. The van der Waals surface area contributed by atoms with Crippen LogP contribution in [0, 0.1) is 5.92 Å². The van der Waals surface area contributed by atoms with Gasteiger partial charge in [0.25, 0.3) is 0 Å². The third kappa shape index (κ3) is 6.79. The summed E-state index contributed by atoms with van der Waals surface area (Å²) in [7, 11) is 0. The van der Waals surface area contributed by atoms with Gasteiger partial charge in [-0.1, -0.05) is 13.8 Å². The SMILES string of the molecule is CCOC(=O)C(NC(=O)OC(C)(C)C)C(=O)C(C)C. The van der Waals surface area contributed by atoms with Gasteiger partial charge in [-0.25, -0.2) is 9.59 Å². The molecule has 0 aliphatic carbocycles. The van der Waals surface area contributed by atoms with Crippen LogP contribution in [0.25, 0.3) is 0 Å². The Bertz CT molecular complexity index is 343. The van der Waals surface area contributed by atoms with Crippen LogP contribution in [0.1, 0.15) is 41.5 Å². The lowest BCUT2D eigenvalue weighted by Gasteiger charge is -2.23. The van der Waals surface area contributed by atoms with E-state index >= 15 is 0 Å². The first-order valence-corrected chi connectivity index (χ1v) is 6.28. The fourth-order valence-electron chi connectivity index (χ4n) is 1.23. The number of Topliss-reactive ketones (excluding diaryl/α,β-unsaturated/α-hetero) is 1. The molecule has 0 aromatic carbocycles. The van der Waals surface area contributed by atoms with Crippen LogP contribution in [0.5, 0.6) is 0 Å². The predicted octanol–water partition coefficient (Wildman–Crippen LogP) is 1.67. The van der Waals surface area contributed by atoms with E-state index in [0.717, 1.165) is 0 Å². The summed E-state index contributed by atoms with van der Waals surface area (Å²) in [6.45, 7) is 10.1. The first-order valence-electron chi connectivity index (χ1n) is 6.28. The summed E-state index contributed by atoms with van der Waals surface area (Å²) >= 11 is 0. The van der Waals surface area contributed by atoms with E-state index in [0.29, 0.717) is 0 Å². The number of hydrogen-bond acceptors (Lipinski definition) is 5. The van der Waals surface area contributed by atoms with Gasteiger partial charge in [-0.3, -0.25) is 4.79 Å². The fraction of sp³-hybridized carbons (Fsp3) is 0.769. The number of esters is 1. The van der Waals surface area contributed by atoms with Crippen LogP contribution in [0.15, 0.2) is 0 Å². The van der Waals surface area contributed by atoms with Crippen molar-refractivity contribution in [2.45, 2.75) is 53.2 Å². The molecule has 0 radical (unpaired) electrons. The summed E-state index contributed by atoms with van der Waals surface area (Å²) in [6.07, 6.45) is -0.820. The zero-order valence-corrected chi connectivity index (χ0v) is 12.4. The lowest BCUT2D eigenvalue weighted by atomic mass is 10.0. The zero-order valence-electron chi connectivity index (χ0n) is 12.4. The van der Waals surface area contributed by atoms with Crippen molar-refractivity contribution in [2.24, 2.45) is 5.92 Å². The van der Waals surface area contributed by atoms with Crippen molar-refractivity contribution in [1.82, 2.24) is 5.32 Å². The van der Waals surface area contributed by atoms with Gasteiger partial charge in [0, 0.05) is 5.92 Å². The van der Waals surface area contributed by atoms with E-state index in [1.807, 2.05) is 0 Å². The normalized spacial score (nSPS) is 12.8. The molecule has 110 valence electrons. The summed E-state index contributed by atoms with van der Waals surface area (Å²) < 4.78 is 9.79. The Morgan fingerprint density at radius 1 is 1.16 bits per heavy atom. The van der Waals surface area contributed by atoms with Gasteiger partial charge in [-0.15, -0.1) is 0 Å². The van der Waals surface area contributed by atoms with Gasteiger partial charge in [0.05, 0.1) is 6.61 Å². The third-order valence-electron chi connectivity index (χ3n) is 2.04. The van der Waals surface area contributed by atoms with Gasteiger partial charge in [0.2, 0.25) is 0 Å². The maximum absolute atomic E-state index is 11.9. The fourth-order valence-corrected chi connectivity index (χ4v) is 1.23. The van der Waals surface area contributed by atoms with Crippen molar-refractivity contribution in [3.63, 3.8) is 0 Å². The molecule has 0 saturated heterocycles. The predicted molar refractivity (Wildman–Crippen MR) is 69.6 cm³/mol. The Morgan fingerprint density at radius 3 is 2.05 bits per heavy atom. The lowest BCUT2D eigenvalue weighted by molar-refractivity contribution is -0.149. The summed E-state index contributed by atoms with van der Waals surface area (Å²) in [4.78, 5) is 35.2. The van der Waals surface area contributed by atoms with Crippen LogP contribution in [-0.4, -0.2) is 36.1 Å². The molecule has 1 amide bonds. The molecule has 0 bridgehead atoms. The topological polar surface area (TPSA) is 81.7 Å². The molecule has 1 atom stereocenters. The van der Waals surface area contributed by atoms with E-state index in [4.69, 9.17) is 9.47 Å². The average Bonchev–Trinajstić information content (AvgIpc) is 2.22. The number of hydrogen-bond donors (Lipinski definition) is 1. The second-order valence-corrected chi connectivity index (χ2v) is 5.39. The minimum atomic E-state index is -1.32. The molecule has 0 heterocycles. The van der Waals surface area contributed by atoms with E-state index in [-0.39, 0.29) is 6.61 Å². The Hall–Kier alpha value is -1.59. The molecule has 0 aromatic heterocycles. The molecule has 6 heteroatoms. The molecule has 1 unspecified atom stereocenters. The monoisotopic (exact) mass is 273 g/mol. The van der Waals surface area contributed by atoms with Crippen molar-refractivity contribution < 1.29 is 23.9 Å². The zero-order chi connectivity index (χ0) is 15.2. The third-order valence-corrected chi connectivity index (χ3v) is 2.04. The van der Waals surface area contributed by atoms with Gasteiger partial charge in [-0.2, -0.15) is 0 Å². The molecule has 0 saturated carbocycles. The van der Waals surface area contributed by atoms with Crippen molar-refractivity contribution in [3.05, 3.63) is 0 Å². The van der Waals surface area contributed by atoms with E-state index in [1.54, 1.807) is 41.5 Å². The molecule has 1 N–H and O–H groups in total. The van der Waals surface area contributed by atoms with Gasteiger partial charge in [0.1, 0.15) is 5.60 Å². The van der Waals surface area contributed by atoms with Crippen LogP contribution < -0.4 is 5.32 Å². The second kappa shape index (κ2) is 7.11. The highest BCUT2D eigenvalue weighted by molar-refractivity contribution is 6.05. The number of nitrogens with one attached hydrogen (secondary N) is 1. The summed E-state index contributed by atoms with van der Waals surface area (Å²) in [6, 6.07) is -1.32. The smallest absolute Gasteiger partial charge is 0.408 e. The number of carbonyl (C=O) groups excluding carboxylic acids is 3. The molecule has 0 aliphatic rings. The molecular weight excluding hydrogens is 250 g/mol. The molecule has 19 heavy (non-hydrogen) atoms. The number of rotatable bonds is 5. The van der Waals surface area contributed by atoms with Gasteiger partial charge in [0.15, 0.2) is 11.8 Å². The van der Waals surface area contributed by atoms with Crippen molar-refractivity contribution >= 4 is 17.8 Å². The molecule has 0 rings (SSSR count). The Morgan fingerprint density at radius 2 is 1.68 bits per heavy atom. The Labute approximate surface area is 113 Å². The summed E-state index contributed by atoms with van der Waals surface area (Å²) in [5, 5.41) is 2.25. The maximum Gasteiger partial charge on any atom is 0.408 e. The number of ketones is 1. The summed E-state index contributed by atoms with van der Waals surface area (Å²) in [5.74, 6) is -1.58. The largest absolute Gasteiger partial charge is 0.464 e. The van der Waals surface area contributed by atoms with Crippen molar-refractivity contribution in [1.29, 1.82) is 0 Å². The van der Waals surface area contributed by atoms with Crippen LogP contribution in [0.2, 0.25) is 0 Å². The molecule has 0 aromatic rings. The first-order chi connectivity index (χ1) is 8.58.